The Morgan fingerprint density at radius 1 is 0.962 bits per heavy atom. The quantitative estimate of drug-likeness (QED) is 0.751. The topological polar surface area (TPSA) is 72.9 Å². The van der Waals surface area contributed by atoms with Crippen molar-refractivity contribution in [2.75, 3.05) is 45.8 Å². The summed E-state index contributed by atoms with van der Waals surface area (Å²) < 4.78 is 0. The van der Waals surface area contributed by atoms with Gasteiger partial charge in [0, 0.05) is 51.6 Å². The van der Waals surface area contributed by atoms with E-state index in [2.05, 4.69) is 15.1 Å². The molecule has 1 saturated carbocycles. The van der Waals surface area contributed by atoms with Crippen molar-refractivity contribution < 1.29 is 14.7 Å². The molecule has 3 aliphatic rings. The molecule has 6 nitrogen and oxygen atoms in total. The van der Waals surface area contributed by atoms with E-state index in [1.807, 2.05) is 0 Å². The maximum atomic E-state index is 12.9. The van der Waals surface area contributed by atoms with Gasteiger partial charge < -0.3 is 20.2 Å². The Labute approximate surface area is 157 Å². The number of piperazine rings is 1. The van der Waals surface area contributed by atoms with Gasteiger partial charge in [-0.1, -0.05) is 19.3 Å². The van der Waals surface area contributed by atoms with Crippen molar-refractivity contribution in [3.05, 3.63) is 0 Å². The standard InChI is InChI=1S/C20H35N3O3/c24-19(25)14-17-7-11-23(20(26)16-4-2-1-3-5-16)15-18(17)6-10-22-12-8-21-9-13-22/h16-18,21H,1-15H2,(H,24,25). The fraction of sp³-hybridized carbons (Fsp3) is 0.900. The molecule has 148 valence electrons. The Bertz CT molecular complexity index is 473. The van der Waals surface area contributed by atoms with Crippen molar-refractivity contribution in [1.82, 2.24) is 15.1 Å². The Morgan fingerprint density at radius 3 is 2.38 bits per heavy atom. The van der Waals surface area contributed by atoms with Crippen molar-refractivity contribution in [1.29, 1.82) is 0 Å². The van der Waals surface area contributed by atoms with Crippen molar-refractivity contribution in [2.45, 2.75) is 51.4 Å². The monoisotopic (exact) mass is 365 g/mol. The Morgan fingerprint density at radius 2 is 1.69 bits per heavy atom. The summed E-state index contributed by atoms with van der Waals surface area (Å²) in [6.45, 7) is 6.75. The van der Waals surface area contributed by atoms with E-state index in [1.54, 1.807) is 0 Å². The lowest BCUT2D eigenvalue weighted by Gasteiger charge is -2.41. The van der Waals surface area contributed by atoms with Gasteiger partial charge in [0.15, 0.2) is 0 Å². The highest BCUT2D eigenvalue weighted by Gasteiger charge is 2.35. The molecule has 0 aromatic carbocycles. The maximum Gasteiger partial charge on any atom is 0.303 e. The van der Waals surface area contributed by atoms with Gasteiger partial charge in [-0.15, -0.1) is 0 Å². The van der Waals surface area contributed by atoms with E-state index in [4.69, 9.17) is 0 Å². The lowest BCUT2D eigenvalue weighted by molar-refractivity contribution is -0.141. The molecule has 0 aromatic rings. The summed E-state index contributed by atoms with van der Waals surface area (Å²) in [5.74, 6) is 0.390. The number of carboxylic acid groups (broad SMARTS) is 1. The summed E-state index contributed by atoms with van der Waals surface area (Å²) in [6.07, 6.45) is 7.80. The molecule has 0 bridgehead atoms. The lowest BCUT2D eigenvalue weighted by Crippen LogP contribution is -2.48. The molecule has 0 radical (unpaired) electrons. The third-order valence-electron chi connectivity index (χ3n) is 6.62. The van der Waals surface area contributed by atoms with Crippen molar-refractivity contribution in [3.8, 4) is 0 Å². The van der Waals surface area contributed by atoms with Crippen LogP contribution in [-0.4, -0.2) is 72.6 Å². The highest BCUT2D eigenvalue weighted by atomic mass is 16.4. The van der Waals surface area contributed by atoms with Gasteiger partial charge >= 0.3 is 5.97 Å². The van der Waals surface area contributed by atoms with Crippen LogP contribution in [-0.2, 0) is 9.59 Å². The van der Waals surface area contributed by atoms with E-state index in [-0.39, 0.29) is 18.3 Å². The van der Waals surface area contributed by atoms with Crippen molar-refractivity contribution in [2.24, 2.45) is 17.8 Å². The summed E-state index contributed by atoms with van der Waals surface area (Å²) in [5, 5.41) is 12.7. The van der Waals surface area contributed by atoms with E-state index in [1.165, 1.54) is 19.3 Å². The van der Waals surface area contributed by atoms with Crippen LogP contribution in [0.1, 0.15) is 51.4 Å². The minimum atomic E-state index is -0.700. The van der Waals surface area contributed by atoms with Gasteiger partial charge in [-0.2, -0.15) is 0 Å². The second-order valence-corrected chi connectivity index (χ2v) is 8.41. The first-order chi connectivity index (χ1) is 12.6. The van der Waals surface area contributed by atoms with Crippen molar-refractivity contribution in [3.63, 3.8) is 0 Å². The van der Waals surface area contributed by atoms with Gasteiger partial charge in [-0.3, -0.25) is 9.59 Å². The number of nitrogens with one attached hydrogen (secondary N) is 1. The summed E-state index contributed by atoms with van der Waals surface area (Å²) >= 11 is 0. The molecule has 0 spiro atoms. The molecule has 2 aliphatic heterocycles. The molecule has 3 fully saturated rings. The van der Waals surface area contributed by atoms with Gasteiger partial charge in [-0.05, 0) is 44.1 Å². The van der Waals surface area contributed by atoms with Crippen LogP contribution in [0.25, 0.3) is 0 Å². The van der Waals surface area contributed by atoms with Gasteiger partial charge in [0.2, 0.25) is 5.91 Å². The molecule has 2 heterocycles. The first-order valence-corrected chi connectivity index (χ1v) is 10.6. The van der Waals surface area contributed by atoms with Crippen LogP contribution in [0, 0.1) is 17.8 Å². The van der Waals surface area contributed by atoms with E-state index >= 15 is 0 Å². The average molecular weight is 366 g/mol. The summed E-state index contributed by atoms with van der Waals surface area (Å²) in [6, 6.07) is 0. The molecule has 3 rings (SSSR count). The highest BCUT2D eigenvalue weighted by molar-refractivity contribution is 5.79. The Balaban J connectivity index is 1.56. The number of nitrogens with zero attached hydrogens (tertiary/aromatic N) is 2. The van der Waals surface area contributed by atoms with Crippen LogP contribution >= 0.6 is 0 Å². The molecular weight excluding hydrogens is 330 g/mol. The first kappa shape index (κ1) is 19.6. The zero-order valence-corrected chi connectivity index (χ0v) is 16.0. The van der Waals surface area contributed by atoms with E-state index < -0.39 is 5.97 Å². The Kier molecular flexibility index (Phi) is 7.32. The second kappa shape index (κ2) is 9.70. The highest BCUT2D eigenvalue weighted by Crippen LogP contribution is 2.32. The van der Waals surface area contributed by atoms with Crippen LogP contribution < -0.4 is 5.32 Å². The van der Waals surface area contributed by atoms with Crippen molar-refractivity contribution >= 4 is 11.9 Å². The smallest absolute Gasteiger partial charge is 0.303 e. The molecule has 2 saturated heterocycles. The van der Waals surface area contributed by atoms with E-state index in [0.29, 0.717) is 11.8 Å². The number of rotatable bonds is 6. The zero-order chi connectivity index (χ0) is 18.4. The number of hydrogen-bond acceptors (Lipinski definition) is 4. The number of carbonyl (C=O) groups excluding carboxylic acids is 1. The number of carbonyl (C=O) groups is 2. The maximum absolute atomic E-state index is 12.9. The number of carboxylic acids is 1. The average Bonchev–Trinajstić information content (AvgIpc) is 2.68. The number of hydrogen-bond donors (Lipinski definition) is 2. The molecule has 0 aromatic heterocycles. The number of piperidine rings is 1. The molecule has 1 aliphatic carbocycles. The molecular formula is C20H35N3O3. The molecule has 6 heteroatoms. The fourth-order valence-corrected chi connectivity index (χ4v) is 4.99. The SMILES string of the molecule is O=C(O)CC1CCN(C(=O)C2CCCCC2)CC1CCN1CCNCC1. The minimum absolute atomic E-state index is 0.214. The fourth-order valence-electron chi connectivity index (χ4n) is 4.99. The van der Waals surface area contributed by atoms with E-state index in [0.717, 1.165) is 71.5 Å². The third-order valence-corrected chi connectivity index (χ3v) is 6.62. The van der Waals surface area contributed by atoms with Crippen LogP contribution in [0.15, 0.2) is 0 Å². The van der Waals surface area contributed by atoms with Crippen LogP contribution in [0.4, 0.5) is 0 Å². The number of aliphatic carboxylic acids is 1. The normalized spacial score (nSPS) is 28.8. The van der Waals surface area contributed by atoms with Gasteiger partial charge in [0.05, 0.1) is 0 Å². The van der Waals surface area contributed by atoms with Gasteiger partial charge in [0.25, 0.3) is 0 Å². The van der Waals surface area contributed by atoms with Gasteiger partial charge in [-0.25, -0.2) is 0 Å². The second-order valence-electron chi connectivity index (χ2n) is 8.41. The van der Waals surface area contributed by atoms with Crippen LogP contribution in [0.5, 0.6) is 0 Å². The van der Waals surface area contributed by atoms with Crippen LogP contribution in [0.2, 0.25) is 0 Å². The first-order valence-electron chi connectivity index (χ1n) is 10.6. The Hall–Kier alpha value is -1.14. The number of likely N-dealkylation sites (tertiary alicyclic amines) is 1. The summed E-state index contributed by atoms with van der Waals surface area (Å²) in [4.78, 5) is 28.7. The van der Waals surface area contributed by atoms with Gasteiger partial charge in [0.1, 0.15) is 0 Å². The molecule has 26 heavy (non-hydrogen) atoms. The lowest BCUT2D eigenvalue weighted by atomic mass is 9.80. The predicted octanol–water partition coefficient (Wildman–Crippen LogP) is 1.80. The molecule has 2 unspecified atom stereocenters. The molecule has 2 atom stereocenters. The molecule has 1 amide bonds. The zero-order valence-electron chi connectivity index (χ0n) is 16.0. The van der Waals surface area contributed by atoms with Crippen LogP contribution in [0.3, 0.4) is 0 Å². The third kappa shape index (κ3) is 5.43. The largest absolute Gasteiger partial charge is 0.481 e. The summed E-state index contributed by atoms with van der Waals surface area (Å²) in [5.41, 5.74) is 0. The minimum Gasteiger partial charge on any atom is -0.481 e. The predicted molar refractivity (Wildman–Crippen MR) is 101 cm³/mol. The molecule has 2 N–H and O–H groups in total. The van der Waals surface area contributed by atoms with E-state index in [9.17, 15) is 14.7 Å². The number of amides is 1. The summed E-state index contributed by atoms with van der Waals surface area (Å²) in [7, 11) is 0.